The summed E-state index contributed by atoms with van der Waals surface area (Å²) >= 11 is 0. The fourth-order valence-electron chi connectivity index (χ4n) is 1.17. The van der Waals surface area contributed by atoms with Crippen LogP contribution in [0.1, 0.15) is 34.6 Å². The molecule has 0 radical (unpaired) electrons. The standard InChI is InChI=1S/C11H21NO/c1-7-10(13)12(8-9(2)3)11(4,5)6/h7,9H,1,8H2,2-6H3. The van der Waals surface area contributed by atoms with Gasteiger partial charge in [0.1, 0.15) is 0 Å². The molecule has 0 rings (SSSR count). The number of carbonyl (C=O) groups excluding carboxylic acids is 1. The molecule has 0 bridgehead atoms. The van der Waals surface area contributed by atoms with Crippen LogP contribution >= 0.6 is 0 Å². The maximum atomic E-state index is 11.5. The van der Waals surface area contributed by atoms with Crippen LogP contribution < -0.4 is 0 Å². The Balaban J connectivity index is 4.56. The van der Waals surface area contributed by atoms with E-state index < -0.39 is 0 Å². The molecule has 0 aliphatic carbocycles. The van der Waals surface area contributed by atoms with E-state index in [4.69, 9.17) is 0 Å². The molecule has 0 unspecified atom stereocenters. The maximum absolute atomic E-state index is 11.5. The fraction of sp³-hybridized carbons (Fsp3) is 0.727. The zero-order valence-electron chi connectivity index (χ0n) is 9.42. The van der Waals surface area contributed by atoms with E-state index in [1.807, 2.05) is 25.7 Å². The molecule has 0 heterocycles. The van der Waals surface area contributed by atoms with Gasteiger partial charge in [0.25, 0.3) is 0 Å². The summed E-state index contributed by atoms with van der Waals surface area (Å²) < 4.78 is 0. The van der Waals surface area contributed by atoms with Crippen molar-refractivity contribution in [1.82, 2.24) is 4.90 Å². The van der Waals surface area contributed by atoms with Gasteiger partial charge in [0, 0.05) is 12.1 Å². The highest BCUT2D eigenvalue weighted by molar-refractivity contribution is 5.87. The molecule has 0 spiro atoms. The second kappa shape index (κ2) is 4.45. The number of hydrogen-bond donors (Lipinski definition) is 0. The van der Waals surface area contributed by atoms with Crippen molar-refractivity contribution in [2.24, 2.45) is 5.92 Å². The van der Waals surface area contributed by atoms with Crippen LogP contribution in [0.25, 0.3) is 0 Å². The van der Waals surface area contributed by atoms with Gasteiger partial charge in [-0.25, -0.2) is 0 Å². The summed E-state index contributed by atoms with van der Waals surface area (Å²) in [5, 5.41) is 0. The second-order valence-electron chi connectivity index (χ2n) is 4.72. The molecule has 0 atom stereocenters. The number of rotatable bonds is 3. The number of carbonyl (C=O) groups is 1. The molecule has 0 fully saturated rings. The van der Waals surface area contributed by atoms with E-state index in [0.29, 0.717) is 5.92 Å². The molecule has 76 valence electrons. The zero-order chi connectivity index (χ0) is 10.6. The lowest BCUT2D eigenvalue weighted by Crippen LogP contribution is -2.46. The molecular weight excluding hydrogens is 162 g/mol. The summed E-state index contributed by atoms with van der Waals surface area (Å²) in [6.45, 7) is 14.6. The molecule has 0 aromatic carbocycles. The van der Waals surface area contributed by atoms with E-state index in [1.54, 1.807) is 0 Å². The van der Waals surface area contributed by atoms with Crippen LogP contribution in [0, 0.1) is 5.92 Å². The Bertz CT molecular complexity index is 189. The summed E-state index contributed by atoms with van der Waals surface area (Å²) in [4.78, 5) is 13.4. The minimum absolute atomic E-state index is 0.0150. The first-order valence-corrected chi connectivity index (χ1v) is 4.73. The van der Waals surface area contributed by atoms with Crippen molar-refractivity contribution < 1.29 is 4.79 Å². The minimum atomic E-state index is -0.116. The Morgan fingerprint density at radius 2 is 1.92 bits per heavy atom. The van der Waals surface area contributed by atoms with Crippen LogP contribution in [-0.2, 0) is 4.79 Å². The first-order chi connectivity index (χ1) is 5.79. The van der Waals surface area contributed by atoms with Crippen molar-refractivity contribution in [3.8, 4) is 0 Å². The third-order valence-corrected chi connectivity index (χ3v) is 1.80. The van der Waals surface area contributed by atoms with Gasteiger partial charge in [0.15, 0.2) is 0 Å². The Labute approximate surface area is 81.6 Å². The third-order valence-electron chi connectivity index (χ3n) is 1.80. The van der Waals surface area contributed by atoms with Crippen molar-refractivity contribution in [2.45, 2.75) is 40.2 Å². The quantitative estimate of drug-likeness (QED) is 0.615. The maximum Gasteiger partial charge on any atom is 0.246 e. The highest BCUT2D eigenvalue weighted by Gasteiger charge is 2.24. The SMILES string of the molecule is C=CC(=O)N(CC(C)C)C(C)(C)C. The van der Waals surface area contributed by atoms with Gasteiger partial charge in [-0.2, -0.15) is 0 Å². The normalized spacial score (nSPS) is 11.5. The number of nitrogens with zero attached hydrogens (tertiary/aromatic N) is 1. The lowest BCUT2D eigenvalue weighted by atomic mass is 10.0. The highest BCUT2D eigenvalue weighted by atomic mass is 16.2. The summed E-state index contributed by atoms with van der Waals surface area (Å²) in [6.07, 6.45) is 1.38. The van der Waals surface area contributed by atoms with Crippen LogP contribution in [0.2, 0.25) is 0 Å². The topological polar surface area (TPSA) is 20.3 Å². The number of hydrogen-bond acceptors (Lipinski definition) is 1. The molecule has 0 N–H and O–H groups in total. The van der Waals surface area contributed by atoms with Gasteiger partial charge in [-0.1, -0.05) is 20.4 Å². The molecule has 2 nitrogen and oxygen atoms in total. The molecule has 0 saturated carbocycles. The van der Waals surface area contributed by atoms with Crippen LogP contribution in [0.5, 0.6) is 0 Å². The van der Waals surface area contributed by atoms with Gasteiger partial charge in [-0.15, -0.1) is 0 Å². The Morgan fingerprint density at radius 3 is 2.15 bits per heavy atom. The van der Waals surface area contributed by atoms with Crippen molar-refractivity contribution in [3.05, 3.63) is 12.7 Å². The summed E-state index contributed by atoms with van der Waals surface area (Å²) in [6, 6.07) is 0. The van der Waals surface area contributed by atoms with Gasteiger partial charge < -0.3 is 4.90 Å². The summed E-state index contributed by atoms with van der Waals surface area (Å²) in [5.74, 6) is 0.504. The average Bonchev–Trinajstić information content (AvgIpc) is 1.96. The first kappa shape index (κ1) is 12.2. The van der Waals surface area contributed by atoms with Crippen LogP contribution in [0.3, 0.4) is 0 Å². The average molecular weight is 183 g/mol. The molecule has 0 aliphatic heterocycles. The Morgan fingerprint density at radius 1 is 1.46 bits per heavy atom. The molecule has 13 heavy (non-hydrogen) atoms. The Kier molecular flexibility index (Phi) is 4.18. The van der Waals surface area contributed by atoms with E-state index in [9.17, 15) is 4.79 Å². The van der Waals surface area contributed by atoms with E-state index >= 15 is 0 Å². The van der Waals surface area contributed by atoms with Crippen LogP contribution in [0.4, 0.5) is 0 Å². The van der Waals surface area contributed by atoms with Gasteiger partial charge in [0.2, 0.25) is 5.91 Å². The van der Waals surface area contributed by atoms with Crippen molar-refractivity contribution >= 4 is 5.91 Å². The monoisotopic (exact) mass is 183 g/mol. The molecule has 0 aromatic heterocycles. The van der Waals surface area contributed by atoms with E-state index in [1.165, 1.54) is 6.08 Å². The minimum Gasteiger partial charge on any atom is -0.334 e. The van der Waals surface area contributed by atoms with Crippen molar-refractivity contribution in [3.63, 3.8) is 0 Å². The van der Waals surface area contributed by atoms with E-state index in [2.05, 4.69) is 20.4 Å². The molecular formula is C11H21NO. The van der Waals surface area contributed by atoms with Gasteiger partial charge in [-0.05, 0) is 32.8 Å². The van der Waals surface area contributed by atoms with Crippen LogP contribution in [0.15, 0.2) is 12.7 Å². The molecule has 0 aromatic rings. The Hall–Kier alpha value is -0.790. The van der Waals surface area contributed by atoms with E-state index in [-0.39, 0.29) is 11.4 Å². The number of amides is 1. The summed E-state index contributed by atoms with van der Waals surface area (Å²) in [5.41, 5.74) is -0.116. The lowest BCUT2D eigenvalue weighted by molar-refractivity contribution is -0.131. The van der Waals surface area contributed by atoms with E-state index in [0.717, 1.165) is 6.54 Å². The molecule has 0 saturated heterocycles. The highest BCUT2D eigenvalue weighted by Crippen LogP contribution is 2.15. The molecule has 1 amide bonds. The van der Waals surface area contributed by atoms with Gasteiger partial charge in [0.05, 0.1) is 0 Å². The van der Waals surface area contributed by atoms with Crippen molar-refractivity contribution in [2.75, 3.05) is 6.54 Å². The predicted molar refractivity (Wildman–Crippen MR) is 56.5 cm³/mol. The predicted octanol–water partition coefficient (Wildman–Crippen LogP) is 2.46. The smallest absolute Gasteiger partial charge is 0.246 e. The fourth-order valence-corrected chi connectivity index (χ4v) is 1.17. The van der Waals surface area contributed by atoms with Gasteiger partial charge in [-0.3, -0.25) is 4.79 Å². The summed E-state index contributed by atoms with van der Waals surface area (Å²) in [7, 11) is 0. The largest absolute Gasteiger partial charge is 0.334 e. The van der Waals surface area contributed by atoms with Gasteiger partial charge >= 0.3 is 0 Å². The lowest BCUT2D eigenvalue weighted by Gasteiger charge is -2.36. The second-order valence-corrected chi connectivity index (χ2v) is 4.72. The molecule has 2 heteroatoms. The van der Waals surface area contributed by atoms with Crippen molar-refractivity contribution in [1.29, 1.82) is 0 Å². The van der Waals surface area contributed by atoms with Crippen LogP contribution in [-0.4, -0.2) is 22.9 Å². The first-order valence-electron chi connectivity index (χ1n) is 4.73. The third kappa shape index (κ3) is 4.11. The zero-order valence-corrected chi connectivity index (χ0v) is 9.42. The molecule has 0 aliphatic rings.